The maximum atomic E-state index is 11.7. The molecular weight excluding hydrogens is 302 g/mol. The zero-order chi connectivity index (χ0) is 15.1. The number of methoxy groups -OCH3 is 1. The van der Waals surface area contributed by atoms with Gasteiger partial charge in [-0.25, -0.2) is 4.79 Å². The first kappa shape index (κ1) is 16.7. The number of halogens is 1. The van der Waals surface area contributed by atoms with Crippen LogP contribution in [0, 0.1) is 0 Å². The van der Waals surface area contributed by atoms with Crippen molar-refractivity contribution in [3.05, 3.63) is 28.8 Å². The van der Waals surface area contributed by atoms with Crippen molar-refractivity contribution in [2.24, 2.45) is 0 Å². The second-order valence-electron chi connectivity index (χ2n) is 3.98. The van der Waals surface area contributed by atoms with Crippen molar-refractivity contribution in [2.45, 2.75) is 12.5 Å². The third kappa shape index (κ3) is 4.61. The molecule has 1 aromatic carbocycles. The molecule has 1 unspecified atom stereocenters. The van der Waals surface area contributed by atoms with E-state index in [-0.39, 0.29) is 12.3 Å². The van der Waals surface area contributed by atoms with Crippen molar-refractivity contribution in [3.8, 4) is 5.75 Å². The highest BCUT2D eigenvalue weighted by molar-refractivity contribution is 7.98. The number of ether oxygens (including phenoxy) is 1. The summed E-state index contributed by atoms with van der Waals surface area (Å²) < 4.78 is 5.00. The quantitative estimate of drug-likeness (QED) is 0.807. The SMILES string of the molecule is COc1ccc(C(NC(=O)CCSC)C(=O)O)cc1Cl. The van der Waals surface area contributed by atoms with E-state index in [1.54, 1.807) is 12.1 Å². The molecule has 0 fully saturated rings. The number of thioether (sulfide) groups is 1. The smallest absolute Gasteiger partial charge is 0.330 e. The molecule has 1 amide bonds. The summed E-state index contributed by atoms with van der Waals surface area (Å²) in [5.41, 5.74) is 0.404. The predicted molar refractivity (Wildman–Crippen MR) is 79.5 cm³/mol. The molecule has 0 aliphatic heterocycles. The summed E-state index contributed by atoms with van der Waals surface area (Å²) in [6.07, 6.45) is 2.15. The van der Waals surface area contributed by atoms with Gasteiger partial charge in [0.25, 0.3) is 0 Å². The number of amides is 1. The first-order chi connectivity index (χ1) is 9.49. The Morgan fingerprint density at radius 1 is 1.50 bits per heavy atom. The Labute approximate surface area is 126 Å². The molecule has 0 radical (unpaired) electrons. The van der Waals surface area contributed by atoms with Crippen molar-refractivity contribution in [1.82, 2.24) is 5.32 Å². The van der Waals surface area contributed by atoms with Crippen LogP contribution in [0.2, 0.25) is 5.02 Å². The highest BCUT2D eigenvalue weighted by atomic mass is 35.5. The van der Waals surface area contributed by atoms with E-state index in [2.05, 4.69) is 5.32 Å². The molecule has 0 aromatic heterocycles. The van der Waals surface area contributed by atoms with Crippen LogP contribution in [0.1, 0.15) is 18.0 Å². The minimum atomic E-state index is -1.14. The molecule has 1 atom stereocenters. The number of carbonyl (C=O) groups is 2. The Morgan fingerprint density at radius 3 is 2.70 bits per heavy atom. The number of benzene rings is 1. The third-order valence-electron chi connectivity index (χ3n) is 2.59. The Kier molecular flexibility index (Phi) is 6.67. The Bertz CT molecular complexity index is 495. The molecule has 0 spiro atoms. The molecule has 1 rings (SSSR count). The molecule has 20 heavy (non-hydrogen) atoms. The van der Waals surface area contributed by atoms with Gasteiger partial charge in [-0.3, -0.25) is 4.79 Å². The van der Waals surface area contributed by atoms with Crippen LogP contribution in [0.25, 0.3) is 0 Å². The maximum Gasteiger partial charge on any atom is 0.330 e. The van der Waals surface area contributed by atoms with E-state index < -0.39 is 12.0 Å². The Morgan fingerprint density at radius 2 is 2.20 bits per heavy atom. The fourth-order valence-corrected chi connectivity index (χ4v) is 2.23. The molecule has 7 heteroatoms. The van der Waals surface area contributed by atoms with Crippen LogP contribution in [-0.4, -0.2) is 36.1 Å². The number of hydrogen-bond acceptors (Lipinski definition) is 4. The van der Waals surface area contributed by atoms with Gasteiger partial charge < -0.3 is 15.2 Å². The van der Waals surface area contributed by atoms with Crippen LogP contribution in [0.15, 0.2) is 18.2 Å². The van der Waals surface area contributed by atoms with Crippen molar-refractivity contribution >= 4 is 35.2 Å². The van der Waals surface area contributed by atoms with Gasteiger partial charge in [0.1, 0.15) is 5.75 Å². The van der Waals surface area contributed by atoms with E-state index >= 15 is 0 Å². The number of carboxylic acids is 1. The number of rotatable bonds is 7. The topological polar surface area (TPSA) is 75.6 Å². The van der Waals surface area contributed by atoms with Gasteiger partial charge in [-0.1, -0.05) is 17.7 Å². The van der Waals surface area contributed by atoms with Crippen LogP contribution < -0.4 is 10.1 Å². The van der Waals surface area contributed by atoms with Gasteiger partial charge in [-0.05, 0) is 24.0 Å². The van der Waals surface area contributed by atoms with E-state index in [0.29, 0.717) is 22.1 Å². The largest absolute Gasteiger partial charge is 0.495 e. The second kappa shape index (κ2) is 8.01. The number of aliphatic carboxylic acids is 1. The lowest BCUT2D eigenvalue weighted by molar-refractivity contribution is -0.142. The van der Waals surface area contributed by atoms with Crippen molar-refractivity contribution in [2.75, 3.05) is 19.1 Å². The molecule has 5 nitrogen and oxygen atoms in total. The summed E-state index contributed by atoms with van der Waals surface area (Å²) in [4.78, 5) is 22.9. The molecule has 110 valence electrons. The predicted octanol–water partition coefficient (Wildman–Crippen LogP) is 2.34. The first-order valence-electron chi connectivity index (χ1n) is 5.84. The van der Waals surface area contributed by atoms with Crippen LogP contribution in [0.5, 0.6) is 5.75 Å². The van der Waals surface area contributed by atoms with E-state index in [0.717, 1.165) is 0 Å². The minimum absolute atomic E-state index is 0.273. The molecule has 0 saturated carbocycles. The van der Waals surface area contributed by atoms with Gasteiger partial charge in [-0.15, -0.1) is 0 Å². The monoisotopic (exact) mass is 317 g/mol. The van der Waals surface area contributed by atoms with Gasteiger partial charge in [0.05, 0.1) is 12.1 Å². The summed E-state index contributed by atoms with van der Waals surface area (Å²) in [6, 6.07) is 3.50. The number of carbonyl (C=O) groups excluding carboxylic acids is 1. The third-order valence-corrected chi connectivity index (χ3v) is 3.50. The highest BCUT2D eigenvalue weighted by Gasteiger charge is 2.22. The van der Waals surface area contributed by atoms with Gasteiger partial charge in [0, 0.05) is 12.2 Å². The zero-order valence-electron chi connectivity index (χ0n) is 11.2. The average molecular weight is 318 g/mol. The molecule has 2 N–H and O–H groups in total. The fourth-order valence-electron chi connectivity index (χ4n) is 1.58. The Hall–Kier alpha value is -1.40. The van der Waals surface area contributed by atoms with E-state index in [4.69, 9.17) is 16.3 Å². The second-order valence-corrected chi connectivity index (χ2v) is 5.37. The van der Waals surface area contributed by atoms with Crippen LogP contribution in [0.3, 0.4) is 0 Å². The maximum absolute atomic E-state index is 11.7. The van der Waals surface area contributed by atoms with Crippen molar-refractivity contribution in [1.29, 1.82) is 0 Å². The number of carboxylic acid groups (broad SMARTS) is 1. The lowest BCUT2D eigenvalue weighted by Gasteiger charge is -2.16. The average Bonchev–Trinajstić information content (AvgIpc) is 2.42. The van der Waals surface area contributed by atoms with Crippen molar-refractivity contribution in [3.63, 3.8) is 0 Å². The first-order valence-corrected chi connectivity index (χ1v) is 7.61. The van der Waals surface area contributed by atoms with Crippen LogP contribution >= 0.6 is 23.4 Å². The molecule has 1 aromatic rings. The lowest BCUT2D eigenvalue weighted by atomic mass is 10.1. The van der Waals surface area contributed by atoms with E-state index in [9.17, 15) is 14.7 Å². The molecule has 0 aliphatic carbocycles. The summed E-state index contributed by atoms with van der Waals surface area (Å²) in [5, 5.41) is 12.0. The van der Waals surface area contributed by atoms with Crippen LogP contribution in [0.4, 0.5) is 0 Å². The number of nitrogens with one attached hydrogen (secondary N) is 1. The van der Waals surface area contributed by atoms with Crippen LogP contribution in [-0.2, 0) is 9.59 Å². The fraction of sp³-hybridized carbons (Fsp3) is 0.385. The van der Waals surface area contributed by atoms with E-state index in [1.165, 1.54) is 24.9 Å². The molecule has 0 bridgehead atoms. The molecule has 0 saturated heterocycles. The normalized spacial score (nSPS) is 11.8. The zero-order valence-corrected chi connectivity index (χ0v) is 12.8. The van der Waals surface area contributed by atoms with Gasteiger partial charge in [0.2, 0.25) is 5.91 Å². The van der Waals surface area contributed by atoms with Crippen molar-refractivity contribution < 1.29 is 19.4 Å². The molecule has 0 aliphatic rings. The lowest BCUT2D eigenvalue weighted by Crippen LogP contribution is -2.33. The number of hydrogen-bond donors (Lipinski definition) is 2. The van der Waals surface area contributed by atoms with Gasteiger partial charge in [0.15, 0.2) is 6.04 Å². The summed E-state index contributed by atoms with van der Waals surface area (Å²) in [7, 11) is 1.47. The minimum Gasteiger partial charge on any atom is -0.495 e. The summed E-state index contributed by atoms with van der Waals surface area (Å²) in [5.74, 6) is -0.350. The standard InChI is InChI=1S/C13H16ClNO4S/c1-19-10-4-3-8(7-9(10)14)12(13(17)18)15-11(16)5-6-20-2/h3-4,7,12H,5-6H2,1-2H3,(H,15,16)(H,17,18). The molecular formula is C13H16ClNO4S. The Balaban J connectivity index is 2.88. The summed E-state index contributed by atoms with van der Waals surface area (Å²) in [6.45, 7) is 0. The highest BCUT2D eigenvalue weighted by Crippen LogP contribution is 2.27. The summed E-state index contributed by atoms with van der Waals surface area (Å²) >= 11 is 7.49. The van der Waals surface area contributed by atoms with E-state index in [1.807, 2.05) is 6.26 Å². The molecule has 0 heterocycles. The van der Waals surface area contributed by atoms with Gasteiger partial charge >= 0.3 is 5.97 Å². The van der Waals surface area contributed by atoms with Gasteiger partial charge in [-0.2, -0.15) is 11.8 Å².